The molecule has 0 saturated carbocycles. The number of hydrogen-bond donors (Lipinski definition) is 2. The summed E-state index contributed by atoms with van der Waals surface area (Å²) in [6, 6.07) is 3.20. The summed E-state index contributed by atoms with van der Waals surface area (Å²) < 4.78 is 42.3. The fourth-order valence-electron chi connectivity index (χ4n) is 1.37. The average molecular weight is 262 g/mol. The van der Waals surface area contributed by atoms with Crippen molar-refractivity contribution < 1.29 is 22.7 Å². The number of carbonyl (C=O) groups is 1. The SMILES string of the molecule is COCC(=O)Nc1cc(CN)cc(C(F)(F)F)c1. The molecule has 0 aliphatic heterocycles. The first-order valence-electron chi connectivity index (χ1n) is 5.07. The summed E-state index contributed by atoms with van der Waals surface area (Å²) in [6.07, 6.45) is -4.48. The van der Waals surface area contributed by atoms with Gasteiger partial charge in [-0.2, -0.15) is 13.2 Å². The van der Waals surface area contributed by atoms with Crippen molar-refractivity contribution in [1.29, 1.82) is 0 Å². The Labute approximate surface area is 102 Å². The molecule has 1 rings (SSSR count). The van der Waals surface area contributed by atoms with Gasteiger partial charge < -0.3 is 15.8 Å². The number of benzene rings is 1. The van der Waals surface area contributed by atoms with Crippen LogP contribution in [0.15, 0.2) is 18.2 Å². The van der Waals surface area contributed by atoms with E-state index in [0.29, 0.717) is 0 Å². The number of methoxy groups -OCH3 is 1. The summed E-state index contributed by atoms with van der Waals surface area (Å²) in [5.41, 5.74) is 4.80. The van der Waals surface area contributed by atoms with Crippen molar-refractivity contribution in [2.45, 2.75) is 12.7 Å². The molecule has 1 amide bonds. The molecule has 0 radical (unpaired) electrons. The Morgan fingerprint density at radius 3 is 2.56 bits per heavy atom. The summed E-state index contributed by atoms with van der Waals surface area (Å²) in [5, 5.41) is 2.31. The van der Waals surface area contributed by atoms with Gasteiger partial charge in [-0.3, -0.25) is 4.79 Å². The fourth-order valence-corrected chi connectivity index (χ4v) is 1.37. The maximum Gasteiger partial charge on any atom is 0.416 e. The molecule has 3 N–H and O–H groups in total. The van der Waals surface area contributed by atoms with Crippen LogP contribution >= 0.6 is 0 Å². The monoisotopic (exact) mass is 262 g/mol. The second kappa shape index (κ2) is 5.83. The summed E-state index contributed by atoms with van der Waals surface area (Å²) >= 11 is 0. The van der Waals surface area contributed by atoms with E-state index in [1.165, 1.54) is 13.2 Å². The number of nitrogens with two attached hydrogens (primary N) is 1. The topological polar surface area (TPSA) is 64.3 Å². The average Bonchev–Trinajstić information content (AvgIpc) is 2.27. The summed E-state index contributed by atoms with van der Waals surface area (Å²) in [6.45, 7) is -0.273. The van der Waals surface area contributed by atoms with Crippen LogP contribution in [-0.4, -0.2) is 19.6 Å². The third kappa shape index (κ3) is 4.01. The third-order valence-corrected chi connectivity index (χ3v) is 2.12. The number of nitrogens with one attached hydrogen (secondary N) is 1. The van der Waals surface area contributed by atoms with Gasteiger partial charge in [-0.15, -0.1) is 0 Å². The fraction of sp³-hybridized carbons (Fsp3) is 0.364. The van der Waals surface area contributed by atoms with E-state index in [1.807, 2.05) is 0 Å². The van der Waals surface area contributed by atoms with E-state index >= 15 is 0 Å². The zero-order chi connectivity index (χ0) is 13.8. The highest BCUT2D eigenvalue weighted by Gasteiger charge is 2.31. The van der Waals surface area contributed by atoms with Gasteiger partial charge >= 0.3 is 6.18 Å². The third-order valence-electron chi connectivity index (χ3n) is 2.12. The number of halogens is 3. The molecule has 0 heterocycles. The second-order valence-corrected chi connectivity index (χ2v) is 3.60. The van der Waals surface area contributed by atoms with E-state index in [-0.39, 0.29) is 24.4 Å². The molecule has 1 aromatic carbocycles. The molecule has 0 bridgehead atoms. The normalized spacial score (nSPS) is 11.4. The zero-order valence-corrected chi connectivity index (χ0v) is 9.67. The first kappa shape index (κ1) is 14.5. The minimum Gasteiger partial charge on any atom is -0.375 e. The number of anilines is 1. The Morgan fingerprint density at radius 1 is 1.39 bits per heavy atom. The van der Waals surface area contributed by atoms with Gasteiger partial charge in [0.25, 0.3) is 0 Å². The van der Waals surface area contributed by atoms with Crippen molar-refractivity contribution in [3.63, 3.8) is 0 Å². The Kier molecular flexibility index (Phi) is 4.69. The van der Waals surface area contributed by atoms with Crippen LogP contribution < -0.4 is 11.1 Å². The molecule has 7 heteroatoms. The molecule has 0 unspecified atom stereocenters. The lowest BCUT2D eigenvalue weighted by molar-refractivity contribution is -0.137. The molecule has 0 aromatic heterocycles. The molecule has 0 aliphatic carbocycles. The van der Waals surface area contributed by atoms with Crippen LogP contribution in [0.2, 0.25) is 0 Å². The van der Waals surface area contributed by atoms with E-state index in [2.05, 4.69) is 10.1 Å². The van der Waals surface area contributed by atoms with Crippen molar-refractivity contribution in [3.8, 4) is 0 Å². The van der Waals surface area contributed by atoms with Crippen LogP contribution in [0.25, 0.3) is 0 Å². The molecule has 4 nitrogen and oxygen atoms in total. The van der Waals surface area contributed by atoms with Crippen LogP contribution in [-0.2, 0) is 22.3 Å². The summed E-state index contributed by atoms with van der Waals surface area (Å²) in [4.78, 5) is 11.2. The lowest BCUT2D eigenvalue weighted by Crippen LogP contribution is -2.18. The molecule has 1 aromatic rings. The van der Waals surface area contributed by atoms with Crippen LogP contribution in [0.5, 0.6) is 0 Å². The minimum absolute atomic E-state index is 0.0446. The lowest BCUT2D eigenvalue weighted by Gasteiger charge is -2.12. The van der Waals surface area contributed by atoms with E-state index in [4.69, 9.17) is 5.73 Å². The highest BCUT2D eigenvalue weighted by Crippen LogP contribution is 2.31. The number of rotatable bonds is 4. The van der Waals surface area contributed by atoms with Crippen molar-refractivity contribution in [2.75, 3.05) is 19.0 Å². The van der Waals surface area contributed by atoms with E-state index in [1.54, 1.807) is 0 Å². The van der Waals surface area contributed by atoms with Gasteiger partial charge in [0, 0.05) is 19.3 Å². The number of hydrogen-bond acceptors (Lipinski definition) is 3. The Hall–Kier alpha value is -1.60. The molecule has 0 spiro atoms. The van der Waals surface area contributed by atoms with Crippen LogP contribution in [0.3, 0.4) is 0 Å². The standard InChI is InChI=1S/C11H13F3N2O2/c1-18-6-10(17)16-9-3-7(5-15)2-8(4-9)11(12,13)14/h2-4H,5-6,15H2,1H3,(H,16,17). The minimum atomic E-state index is -4.48. The molecule has 100 valence electrons. The van der Waals surface area contributed by atoms with E-state index < -0.39 is 17.6 Å². The molecule has 0 saturated heterocycles. The molecular weight excluding hydrogens is 249 g/mol. The zero-order valence-electron chi connectivity index (χ0n) is 9.67. The number of carbonyl (C=O) groups excluding carboxylic acids is 1. The maximum atomic E-state index is 12.6. The van der Waals surface area contributed by atoms with Gasteiger partial charge in [0.1, 0.15) is 6.61 Å². The van der Waals surface area contributed by atoms with Crippen molar-refractivity contribution in [1.82, 2.24) is 0 Å². The van der Waals surface area contributed by atoms with Crippen LogP contribution in [0, 0.1) is 0 Å². The second-order valence-electron chi connectivity index (χ2n) is 3.60. The van der Waals surface area contributed by atoms with Crippen molar-refractivity contribution >= 4 is 11.6 Å². The predicted molar refractivity (Wildman–Crippen MR) is 59.8 cm³/mol. The molecule has 0 fully saturated rings. The van der Waals surface area contributed by atoms with Gasteiger partial charge in [0.2, 0.25) is 5.91 Å². The molecular formula is C11H13F3N2O2. The van der Waals surface area contributed by atoms with Crippen LogP contribution in [0.4, 0.5) is 18.9 Å². The Bertz CT molecular complexity index is 433. The van der Waals surface area contributed by atoms with Gasteiger partial charge in [0.15, 0.2) is 0 Å². The quantitative estimate of drug-likeness (QED) is 0.868. The van der Waals surface area contributed by atoms with Crippen molar-refractivity contribution in [3.05, 3.63) is 29.3 Å². The number of alkyl halides is 3. The summed E-state index contributed by atoms with van der Waals surface area (Å²) in [7, 11) is 1.32. The first-order chi connectivity index (χ1) is 8.36. The Balaban J connectivity index is 3.01. The summed E-state index contributed by atoms with van der Waals surface area (Å²) in [5.74, 6) is -0.528. The smallest absolute Gasteiger partial charge is 0.375 e. The highest BCUT2D eigenvalue weighted by molar-refractivity contribution is 5.91. The lowest BCUT2D eigenvalue weighted by atomic mass is 10.1. The molecule has 0 aliphatic rings. The highest BCUT2D eigenvalue weighted by atomic mass is 19.4. The number of amides is 1. The van der Waals surface area contributed by atoms with Gasteiger partial charge in [-0.05, 0) is 23.8 Å². The molecule has 0 atom stereocenters. The number of ether oxygens (including phenoxy) is 1. The van der Waals surface area contributed by atoms with Gasteiger partial charge in [0.05, 0.1) is 5.56 Å². The van der Waals surface area contributed by atoms with E-state index in [0.717, 1.165) is 12.1 Å². The largest absolute Gasteiger partial charge is 0.416 e. The van der Waals surface area contributed by atoms with Gasteiger partial charge in [-0.25, -0.2) is 0 Å². The van der Waals surface area contributed by atoms with Crippen LogP contribution in [0.1, 0.15) is 11.1 Å². The first-order valence-corrected chi connectivity index (χ1v) is 5.07. The van der Waals surface area contributed by atoms with Crippen molar-refractivity contribution in [2.24, 2.45) is 5.73 Å². The van der Waals surface area contributed by atoms with E-state index in [9.17, 15) is 18.0 Å². The maximum absolute atomic E-state index is 12.6. The predicted octanol–water partition coefficient (Wildman–Crippen LogP) is 1.75. The Morgan fingerprint density at radius 2 is 2.06 bits per heavy atom. The molecule has 18 heavy (non-hydrogen) atoms. The van der Waals surface area contributed by atoms with Gasteiger partial charge in [-0.1, -0.05) is 0 Å².